The van der Waals surface area contributed by atoms with Gasteiger partial charge in [0.2, 0.25) is 0 Å². The molecule has 0 N–H and O–H groups in total. The fourth-order valence-corrected chi connectivity index (χ4v) is 6.63. The summed E-state index contributed by atoms with van der Waals surface area (Å²) in [4.78, 5) is 38.0. The second-order valence-electron chi connectivity index (χ2n) is 16.5. The molecule has 0 saturated heterocycles. The van der Waals surface area contributed by atoms with E-state index in [1.165, 1.54) is 64.2 Å². The van der Waals surface area contributed by atoms with Crippen LogP contribution in [0.2, 0.25) is 0 Å². The molecule has 0 aromatic rings. The second kappa shape index (κ2) is 50.7. The van der Waals surface area contributed by atoms with Gasteiger partial charge in [0.25, 0.3) is 0 Å². The van der Waals surface area contributed by atoms with E-state index in [-0.39, 0.29) is 31.1 Å². The van der Waals surface area contributed by atoms with Crippen LogP contribution in [0.5, 0.6) is 0 Å². The SMILES string of the molecule is CC\C=C/C=C\C=C/C=C\CCCCCCCC(=O)OCC(COC(=O)CCCCCCCCC/C=C\CCCCCC)OC(=O)CCCCCCC\C=C/C=C\C=C/C=C\CC. The largest absolute Gasteiger partial charge is 0.462 e. The first-order valence-corrected chi connectivity index (χ1v) is 25.5. The number of unbranched alkanes of at least 4 members (excludes halogenated alkanes) is 21. The van der Waals surface area contributed by atoms with Gasteiger partial charge in [0, 0.05) is 19.3 Å². The van der Waals surface area contributed by atoms with Crippen molar-refractivity contribution >= 4 is 17.9 Å². The van der Waals surface area contributed by atoms with Gasteiger partial charge in [-0.15, -0.1) is 0 Å². The van der Waals surface area contributed by atoms with E-state index in [0.717, 1.165) is 109 Å². The zero-order valence-corrected chi connectivity index (χ0v) is 40.5. The highest BCUT2D eigenvalue weighted by Crippen LogP contribution is 2.14. The van der Waals surface area contributed by atoms with Crippen molar-refractivity contribution in [1.29, 1.82) is 0 Å². The molecule has 1 atom stereocenters. The predicted octanol–water partition coefficient (Wildman–Crippen LogP) is 16.8. The van der Waals surface area contributed by atoms with Crippen LogP contribution in [0.3, 0.4) is 0 Å². The van der Waals surface area contributed by atoms with Gasteiger partial charge in [-0.25, -0.2) is 0 Å². The molecule has 0 aromatic heterocycles. The van der Waals surface area contributed by atoms with Gasteiger partial charge in [0.15, 0.2) is 6.10 Å². The number of rotatable bonds is 44. The maximum atomic E-state index is 12.8. The Morgan fingerprint density at radius 3 is 1.02 bits per heavy atom. The molecular weight excluding hydrogens is 781 g/mol. The number of hydrogen-bond donors (Lipinski definition) is 0. The molecular formula is C57H92O6. The minimum absolute atomic E-state index is 0.100. The molecule has 0 amide bonds. The van der Waals surface area contributed by atoms with Crippen molar-refractivity contribution in [2.45, 2.75) is 219 Å². The molecule has 0 spiro atoms. The third-order valence-electron chi connectivity index (χ3n) is 10.4. The highest BCUT2D eigenvalue weighted by Gasteiger charge is 2.19. The fourth-order valence-electron chi connectivity index (χ4n) is 6.63. The van der Waals surface area contributed by atoms with Crippen LogP contribution < -0.4 is 0 Å². The Kier molecular flexibility index (Phi) is 47.5. The van der Waals surface area contributed by atoms with E-state index in [4.69, 9.17) is 14.2 Å². The average molecular weight is 873 g/mol. The zero-order valence-electron chi connectivity index (χ0n) is 40.5. The van der Waals surface area contributed by atoms with Crippen LogP contribution >= 0.6 is 0 Å². The summed E-state index contributed by atoms with van der Waals surface area (Å²) in [6, 6.07) is 0. The van der Waals surface area contributed by atoms with Crippen molar-refractivity contribution in [3.8, 4) is 0 Å². The first kappa shape index (κ1) is 59.1. The summed E-state index contributed by atoms with van der Waals surface area (Å²) in [6.45, 7) is 6.29. The molecule has 0 aromatic carbocycles. The topological polar surface area (TPSA) is 78.9 Å². The lowest BCUT2D eigenvalue weighted by Crippen LogP contribution is -2.30. The quantitative estimate of drug-likeness (QED) is 0.0199. The molecule has 6 heteroatoms. The standard InChI is InChI=1S/C57H92O6/c1-4-7-10-13-16-19-22-25-28-31-34-37-40-43-46-49-55(58)61-52-54(63-57(60)51-48-45-42-39-36-33-30-27-24-21-18-15-12-9-6-3)53-62-56(59)50-47-44-41-38-35-32-29-26-23-20-17-14-11-8-5-2/h7,9-10,12-13,15-16,18-25,27-28,30,54H,4-6,8,11,14,17,26,29,31-53H2,1-3H3/b10-7-,12-9-,16-13-,18-15-,22-19-,23-20-,24-21-,28-25-,30-27-. The van der Waals surface area contributed by atoms with Crippen LogP contribution in [0.25, 0.3) is 0 Å². The molecule has 0 bridgehead atoms. The molecule has 6 nitrogen and oxygen atoms in total. The summed E-state index contributed by atoms with van der Waals surface area (Å²) in [6.07, 6.45) is 67.8. The molecule has 0 aliphatic carbocycles. The molecule has 0 rings (SSSR count). The van der Waals surface area contributed by atoms with Crippen molar-refractivity contribution in [2.75, 3.05) is 13.2 Å². The zero-order chi connectivity index (χ0) is 45.8. The number of ether oxygens (including phenoxy) is 3. The van der Waals surface area contributed by atoms with Crippen LogP contribution in [0.15, 0.2) is 109 Å². The normalized spacial score (nSPS) is 13.0. The molecule has 0 heterocycles. The Bertz CT molecular complexity index is 1330. The molecule has 63 heavy (non-hydrogen) atoms. The molecule has 0 aliphatic heterocycles. The van der Waals surface area contributed by atoms with Gasteiger partial charge in [-0.1, -0.05) is 220 Å². The van der Waals surface area contributed by atoms with Crippen LogP contribution in [0, 0.1) is 0 Å². The second-order valence-corrected chi connectivity index (χ2v) is 16.5. The Balaban J connectivity index is 4.50. The van der Waals surface area contributed by atoms with Crippen molar-refractivity contribution < 1.29 is 28.6 Å². The van der Waals surface area contributed by atoms with Gasteiger partial charge in [-0.05, 0) is 83.5 Å². The van der Waals surface area contributed by atoms with Crippen molar-refractivity contribution in [3.05, 3.63) is 109 Å². The van der Waals surface area contributed by atoms with Crippen molar-refractivity contribution in [1.82, 2.24) is 0 Å². The highest BCUT2D eigenvalue weighted by molar-refractivity contribution is 5.71. The summed E-state index contributed by atoms with van der Waals surface area (Å²) in [5, 5.41) is 0. The van der Waals surface area contributed by atoms with Crippen LogP contribution in [-0.4, -0.2) is 37.2 Å². The van der Waals surface area contributed by atoms with Crippen LogP contribution in [-0.2, 0) is 28.6 Å². The van der Waals surface area contributed by atoms with Gasteiger partial charge in [0.1, 0.15) is 13.2 Å². The van der Waals surface area contributed by atoms with Crippen LogP contribution in [0.4, 0.5) is 0 Å². The Morgan fingerprint density at radius 1 is 0.333 bits per heavy atom. The number of carbonyl (C=O) groups is 3. The third-order valence-corrected chi connectivity index (χ3v) is 10.4. The maximum absolute atomic E-state index is 12.8. The lowest BCUT2D eigenvalue weighted by molar-refractivity contribution is -0.167. The number of esters is 3. The Morgan fingerprint density at radius 2 is 0.635 bits per heavy atom. The Labute approximate surface area is 387 Å². The number of allylic oxidation sites excluding steroid dienone is 18. The summed E-state index contributed by atoms with van der Waals surface area (Å²) < 4.78 is 16.8. The van der Waals surface area contributed by atoms with E-state index < -0.39 is 6.10 Å². The van der Waals surface area contributed by atoms with E-state index in [2.05, 4.69) is 81.5 Å². The van der Waals surface area contributed by atoms with Gasteiger partial charge in [0.05, 0.1) is 0 Å². The summed E-state index contributed by atoms with van der Waals surface area (Å²) >= 11 is 0. The highest BCUT2D eigenvalue weighted by atomic mass is 16.6. The van der Waals surface area contributed by atoms with Gasteiger partial charge >= 0.3 is 17.9 Å². The van der Waals surface area contributed by atoms with E-state index in [9.17, 15) is 14.4 Å². The van der Waals surface area contributed by atoms with E-state index in [1.54, 1.807) is 0 Å². The van der Waals surface area contributed by atoms with Crippen LogP contribution in [0.1, 0.15) is 213 Å². The maximum Gasteiger partial charge on any atom is 0.306 e. The number of hydrogen-bond acceptors (Lipinski definition) is 6. The lowest BCUT2D eigenvalue weighted by atomic mass is 10.1. The Hall–Kier alpha value is -3.93. The smallest absolute Gasteiger partial charge is 0.306 e. The molecule has 0 radical (unpaired) electrons. The fraction of sp³-hybridized carbons (Fsp3) is 0.632. The molecule has 0 fully saturated rings. The third kappa shape index (κ3) is 49.0. The van der Waals surface area contributed by atoms with Crippen molar-refractivity contribution in [3.63, 3.8) is 0 Å². The summed E-state index contributed by atoms with van der Waals surface area (Å²) in [7, 11) is 0. The number of carbonyl (C=O) groups excluding carboxylic acids is 3. The molecule has 0 aliphatic rings. The van der Waals surface area contributed by atoms with E-state index >= 15 is 0 Å². The van der Waals surface area contributed by atoms with E-state index in [0.29, 0.717) is 19.3 Å². The van der Waals surface area contributed by atoms with Gasteiger partial charge < -0.3 is 14.2 Å². The first-order chi connectivity index (χ1) is 31.0. The average Bonchev–Trinajstić information content (AvgIpc) is 3.28. The molecule has 356 valence electrons. The summed E-state index contributed by atoms with van der Waals surface area (Å²) in [5.74, 6) is -0.957. The molecule has 1 unspecified atom stereocenters. The van der Waals surface area contributed by atoms with E-state index in [1.807, 2.05) is 48.6 Å². The van der Waals surface area contributed by atoms with Gasteiger partial charge in [-0.3, -0.25) is 14.4 Å². The predicted molar refractivity (Wildman–Crippen MR) is 270 cm³/mol. The minimum Gasteiger partial charge on any atom is -0.462 e. The molecule has 0 saturated carbocycles. The minimum atomic E-state index is -0.803. The van der Waals surface area contributed by atoms with Crippen molar-refractivity contribution in [2.24, 2.45) is 0 Å². The monoisotopic (exact) mass is 873 g/mol. The first-order valence-electron chi connectivity index (χ1n) is 25.5. The lowest BCUT2D eigenvalue weighted by Gasteiger charge is -2.18. The van der Waals surface area contributed by atoms with Gasteiger partial charge in [-0.2, -0.15) is 0 Å². The summed E-state index contributed by atoms with van der Waals surface area (Å²) in [5.41, 5.74) is 0.